The Hall–Kier alpha value is -3.02. The third kappa shape index (κ3) is 5.37. The number of nitrogens with one attached hydrogen (secondary N) is 1. The number of ether oxygens (including phenoxy) is 1. The van der Waals surface area contributed by atoms with E-state index in [2.05, 4.69) is 47.2 Å². The molecule has 1 N–H and O–H groups in total. The van der Waals surface area contributed by atoms with Crippen LogP contribution < -0.4 is 5.32 Å². The fourth-order valence-corrected chi connectivity index (χ4v) is 3.85. The maximum Gasteiger partial charge on any atom is 0.252 e. The summed E-state index contributed by atoms with van der Waals surface area (Å²) < 4.78 is 5.41. The lowest BCUT2D eigenvalue weighted by molar-refractivity contribution is 0.0342. The summed E-state index contributed by atoms with van der Waals surface area (Å²) in [7, 11) is 0. The van der Waals surface area contributed by atoms with Gasteiger partial charge in [-0.15, -0.1) is 0 Å². The van der Waals surface area contributed by atoms with Gasteiger partial charge in [0.15, 0.2) is 0 Å². The average Bonchev–Trinajstić information content (AvgIpc) is 2.81. The number of carbonyl (C=O) groups excluding carboxylic acids is 1. The molecule has 1 aliphatic heterocycles. The van der Waals surface area contributed by atoms with E-state index in [4.69, 9.17) is 4.74 Å². The summed E-state index contributed by atoms with van der Waals surface area (Å²) in [5, 5.41) is 3.22. The van der Waals surface area contributed by atoms with Gasteiger partial charge >= 0.3 is 0 Å². The van der Waals surface area contributed by atoms with Crippen LogP contribution >= 0.6 is 0 Å². The van der Waals surface area contributed by atoms with Crippen LogP contribution in [0.1, 0.15) is 44.2 Å². The minimum Gasteiger partial charge on any atom is -0.379 e. The van der Waals surface area contributed by atoms with E-state index in [0.717, 1.165) is 44.0 Å². The predicted octanol–water partition coefficient (Wildman–Crippen LogP) is 4.05. The number of nitrogens with zero attached hydrogens (tertiary/aromatic N) is 2. The zero-order chi connectivity index (χ0) is 21.6. The van der Waals surface area contributed by atoms with Crippen LogP contribution in [0.3, 0.4) is 0 Å². The Morgan fingerprint density at radius 3 is 2.35 bits per heavy atom. The molecule has 1 fully saturated rings. The molecule has 0 spiro atoms. The third-order valence-electron chi connectivity index (χ3n) is 5.91. The summed E-state index contributed by atoms with van der Waals surface area (Å²) in [6, 6.07) is 17.9. The van der Waals surface area contributed by atoms with Gasteiger partial charge in [0.2, 0.25) is 0 Å². The molecule has 0 saturated carbocycles. The van der Waals surface area contributed by atoms with Crippen molar-refractivity contribution in [2.24, 2.45) is 0 Å². The monoisotopic (exact) mass is 415 g/mol. The highest BCUT2D eigenvalue weighted by atomic mass is 16.5. The van der Waals surface area contributed by atoms with Gasteiger partial charge in [0.1, 0.15) is 0 Å². The Morgan fingerprint density at radius 2 is 1.68 bits per heavy atom. The van der Waals surface area contributed by atoms with Crippen LogP contribution in [0.4, 0.5) is 0 Å². The lowest BCUT2D eigenvalue weighted by atomic mass is 9.96. The Morgan fingerprint density at radius 1 is 0.968 bits per heavy atom. The summed E-state index contributed by atoms with van der Waals surface area (Å²) in [6.07, 6.45) is 3.52. The van der Waals surface area contributed by atoms with Crippen molar-refractivity contribution in [2.75, 3.05) is 26.3 Å². The number of carbonyl (C=O) groups is 1. The zero-order valence-electron chi connectivity index (χ0n) is 18.2. The first-order valence-electron chi connectivity index (χ1n) is 10.8. The van der Waals surface area contributed by atoms with Crippen LogP contribution in [-0.2, 0) is 11.3 Å². The van der Waals surface area contributed by atoms with Gasteiger partial charge in [-0.1, -0.05) is 30.3 Å². The predicted molar refractivity (Wildman–Crippen MR) is 122 cm³/mol. The molecule has 1 amide bonds. The van der Waals surface area contributed by atoms with Crippen molar-refractivity contribution in [3.63, 3.8) is 0 Å². The molecule has 1 aliphatic rings. The minimum atomic E-state index is -0.233. The second kappa shape index (κ2) is 9.86. The number of amides is 1. The zero-order valence-corrected chi connectivity index (χ0v) is 18.2. The fourth-order valence-electron chi connectivity index (χ4n) is 3.85. The van der Waals surface area contributed by atoms with E-state index in [1.165, 1.54) is 16.7 Å². The lowest BCUT2D eigenvalue weighted by Crippen LogP contribution is -2.35. The second-order valence-electron chi connectivity index (χ2n) is 8.12. The molecule has 0 aliphatic carbocycles. The topological polar surface area (TPSA) is 54.5 Å². The largest absolute Gasteiger partial charge is 0.379 e. The van der Waals surface area contributed by atoms with E-state index in [1.54, 1.807) is 12.4 Å². The third-order valence-corrected chi connectivity index (χ3v) is 5.91. The molecule has 0 radical (unpaired) electrons. The van der Waals surface area contributed by atoms with Gasteiger partial charge in [-0.2, -0.15) is 0 Å². The highest BCUT2D eigenvalue weighted by Crippen LogP contribution is 2.24. The molecule has 1 aromatic heterocycles. The van der Waals surface area contributed by atoms with E-state index in [1.807, 2.05) is 36.4 Å². The lowest BCUT2D eigenvalue weighted by Gasteiger charge is -2.26. The summed E-state index contributed by atoms with van der Waals surface area (Å²) in [5.74, 6) is -0.0852. The Balaban J connectivity index is 1.51. The van der Waals surface area contributed by atoms with E-state index in [0.29, 0.717) is 5.56 Å². The molecule has 5 nitrogen and oxygen atoms in total. The van der Waals surface area contributed by atoms with Gasteiger partial charge in [0, 0.05) is 37.6 Å². The van der Waals surface area contributed by atoms with E-state index < -0.39 is 0 Å². The minimum absolute atomic E-state index is 0.0852. The van der Waals surface area contributed by atoms with E-state index >= 15 is 0 Å². The molecule has 0 bridgehead atoms. The molecule has 160 valence electrons. The number of morpholine rings is 1. The van der Waals surface area contributed by atoms with Gasteiger partial charge in [-0.05, 0) is 65.9 Å². The van der Waals surface area contributed by atoms with Crippen molar-refractivity contribution >= 4 is 5.91 Å². The first kappa shape index (κ1) is 21.2. The number of hydrogen-bond acceptors (Lipinski definition) is 4. The normalized spacial score (nSPS) is 15.4. The van der Waals surface area contributed by atoms with Crippen LogP contribution in [0.15, 0.2) is 67.0 Å². The number of aromatic nitrogens is 1. The van der Waals surface area contributed by atoms with Crippen LogP contribution in [0, 0.1) is 13.8 Å². The summed E-state index contributed by atoms with van der Waals surface area (Å²) in [5.41, 5.74) is 6.38. The van der Waals surface area contributed by atoms with Crippen LogP contribution in [0.2, 0.25) is 0 Å². The quantitative estimate of drug-likeness (QED) is 0.660. The summed E-state index contributed by atoms with van der Waals surface area (Å²) in [4.78, 5) is 19.6. The van der Waals surface area contributed by atoms with Gasteiger partial charge in [0.25, 0.3) is 5.91 Å². The molecular weight excluding hydrogens is 386 g/mol. The number of rotatable bonds is 6. The van der Waals surface area contributed by atoms with E-state index in [9.17, 15) is 4.79 Å². The molecule has 0 unspecified atom stereocenters. The summed E-state index contributed by atoms with van der Waals surface area (Å²) >= 11 is 0. The molecule has 1 saturated heterocycles. The van der Waals surface area contributed by atoms with Crippen molar-refractivity contribution in [2.45, 2.75) is 26.4 Å². The van der Waals surface area contributed by atoms with Crippen LogP contribution in [0.5, 0.6) is 0 Å². The molecule has 2 aromatic carbocycles. The Labute approximate surface area is 184 Å². The number of benzene rings is 2. The van der Waals surface area contributed by atoms with Gasteiger partial charge in [0.05, 0.1) is 19.3 Å². The molecule has 4 rings (SSSR count). The highest BCUT2D eigenvalue weighted by Gasteiger charge is 2.19. The van der Waals surface area contributed by atoms with Crippen LogP contribution in [0.25, 0.3) is 0 Å². The standard InChI is InChI=1S/C26H29N3O2/c1-19-3-6-24(17-20(19)2)25(22-9-11-27-12-10-22)28-26(30)23-7-4-21(5-8-23)18-29-13-15-31-16-14-29/h3-12,17,25H,13-16,18H2,1-2H3,(H,28,30)/t25-/m0/s1. The highest BCUT2D eigenvalue weighted by molar-refractivity contribution is 5.94. The number of aryl methyl sites for hydroxylation is 2. The number of hydrogen-bond donors (Lipinski definition) is 1. The molecule has 2 heterocycles. The van der Waals surface area contributed by atoms with E-state index in [-0.39, 0.29) is 11.9 Å². The van der Waals surface area contributed by atoms with Gasteiger partial charge in [-0.25, -0.2) is 0 Å². The van der Waals surface area contributed by atoms with Gasteiger partial charge < -0.3 is 10.1 Å². The molecule has 3 aromatic rings. The second-order valence-corrected chi connectivity index (χ2v) is 8.12. The van der Waals surface area contributed by atoms with Gasteiger partial charge in [-0.3, -0.25) is 14.7 Å². The van der Waals surface area contributed by atoms with Crippen molar-refractivity contribution in [3.05, 3.63) is 100 Å². The van der Waals surface area contributed by atoms with Crippen molar-refractivity contribution < 1.29 is 9.53 Å². The molecule has 31 heavy (non-hydrogen) atoms. The maximum absolute atomic E-state index is 13.1. The molecular formula is C26H29N3O2. The smallest absolute Gasteiger partial charge is 0.252 e. The maximum atomic E-state index is 13.1. The first-order valence-corrected chi connectivity index (χ1v) is 10.8. The molecule has 1 atom stereocenters. The first-order chi connectivity index (χ1) is 15.1. The Bertz CT molecular complexity index is 1010. The van der Waals surface area contributed by atoms with Crippen molar-refractivity contribution in [1.29, 1.82) is 0 Å². The SMILES string of the molecule is Cc1ccc([C@@H](NC(=O)c2ccc(CN3CCOCC3)cc2)c2ccncc2)cc1C. The Kier molecular flexibility index (Phi) is 6.75. The van der Waals surface area contributed by atoms with Crippen LogP contribution in [-0.4, -0.2) is 42.1 Å². The van der Waals surface area contributed by atoms with Crippen molar-refractivity contribution in [1.82, 2.24) is 15.2 Å². The summed E-state index contributed by atoms with van der Waals surface area (Å²) in [6.45, 7) is 8.55. The average molecular weight is 416 g/mol. The fraction of sp³-hybridized carbons (Fsp3) is 0.308. The van der Waals surface area contributed by atoms with Crippen molar-refractivity contribution in [3.8, 4) is 0 Å². The number of pyridine rings is 1. The molecule has 5 heteroatoms.